The van der Waals surface area contributed by atoms with E-state index in [1.54, 1.807) is 0 Å². The van der Waals surface area contributed by atoms with Crippen LogP contribution in [-0.4, -0.2) is 97.5 Å². The molecule has 6 unspecified atom stereocenters. The molecule has 1 aliphatic rings. The van der Waals surface area contributed by atoms with E-state index >= 15 is 0 Å². The maximum atomic E-state index is 13.0. The van der Waals surface area contributed by atoms with Gasteiger partial charge in [-0.2, -0.15) is 8.42 Å². The Hall–Kier alpha value is -2.72. The van der Waals surface area contributed by atoms with Gasteiger partial charge in [-0.3, -0.25) is 9.35 Å². The highest BCUT2D eigenvalue weighted by Crippen LogP contribution is 2.26. The number of aliphatic hydroxyl groups is 3. The molecule has 1 heterocycles. The van der Waals surface area contributed by atoms with Gasteiger partial charge < -0.3 is 34.3 Å². The zero-order chi connectivity index (χ0) is 53.8. The number of unbranched alkanes of at least 4 members (excludes halogenated alkanes) is 24. The highest BCUT2D eigenvalue weighted by molar-refractivity contribution is 7.80. The summed E-state index contributed by atoms with van der Waals surface area (Å²) in [4.78, 5) is 13.0. The zero-order valence-electron chi connectivity index (χ0n) is 46.4. The van der Waals surface area contributed by atoms with Crippen molar-refractivity contribution in [1.82, 2.24) is 0 Å². The number of allylic oxidation sites excluding steroid dienone is 14. The van der Waals surface area contributed by atoms with Crippen LogP contribution in [0.4, 0.5) is 0 Å². The van der Waals surface area contributed by atoms with Gasteiger partial charge in [-0.25, -0.2) is 4.18 Å². The normalized spacial score (nSPS) is 19.4. The van der Waals surface area contributed by atoms with Crippen molar-refractivity contribution in [2.24, 2.45) is 0 Å². The van der Waals surface area contributed by atoms with E-state index < -0.39 is 59.8 Å². The Kier molecular flexibility index (Phi) is 47.8. The summed E-state index contributed by atoms with van der Waals surface area (Å²) < 4.78 is 59.5. The molecular weight excluding hydrogens is 957 g/mol. The Morgan fingerprint density at radius 2 is 0.932 bits per heavy atom. The van der Waals surface area contributed by atoms with E-state index in [2.05, 4.69) is 103 Å². The molecule has 0 amide bonds. The van der Waals surface area contributed by atoms with Crippen LogP contribution in [0.25, 0.3) is 0 Å². The number of ether oxygens (including phenoxy) is 4. The Labute approximate surface area is 451 Å². The molecule has 0 radical (unpaired) electrons. The molecule has 12 nitrogen and oxygen atoms in total. The summed E-state index contributed by atoms with van der Waals surface area (Å²) in [7, 11) is -5.07. The van der Waals surface area contributed by atoms with E-state index in [-0.39, 0.29) is 19.6 Å². The summed E-state index contributed by atoms with van der Waals surface area (Å²) in [6.45, 7) is 3.87. The largest absolute Gasteiger partial charge is 0.457 e. The smallest absolute Gasteiger partial charge is 0.397 e. The van der Waals surface area contributed by atoms with Gasteiger partial charge in [0, 0.05) is 13.0 Å². The Bertz CT molecular complexity index is 1600. The predicted octanol–water partition coefficient (Wildman–Crippen LogP) is 14.8. The third kappa shape index (κ3) is 43.4. The molecule has 1 saturated heterocycles. The number of aliphatic hydroxyl groups excluding tert-OH is 3. The minimum atomic E-state index is -5.07. The SMILES string of the molecule is CC/C=C\C/C=C\C/C=C\C/C=C\C/C=C\CCCCCCCCCCCC(=O)OC(COCCCCCCCCCCCC/C=C\C/C=C\CCCCCCC)COC1OC(CO)C(O)C(OS(=O)(=O)O)C1O. The molecule has 74 heavy (non-hydrogen) atoms. The van der Waals surface area contributed by atoms with Crippen molar-refractivity contribution in [3.8, 4) is 0 Å². The highest BCUT2D eigenvalue weighted by Gasteiger charge is 2.48. The third-order valence-corrected chi connectivity index (χ3v) is 13.5. The van der Waals surface area contributed by atoms with E-state index in [1.807, 2.05) is 0 Å². The standard InChI is InChI=1S/C61H106O12S/c1-3-5-7-9-11-13-15-17-19-21-23-25-27-28-29-30-32-34-36-38-40-42-44-46-48-50-57(63)71-55(54-70-61-59(65)60(73-74(66,67)68)58(64)56(52-62)72-61)53-69-51-49-47-45-43-41-39-37-35-33-31-26-24-22-20-18-16-14-12-10-8-6-4-2/h5,7,11,13,16-19,22-25,28-29,55-56,58-62,64-65H,3-4,6,8-10,12,14-15,20-21,26-27,30-54H2,1-2H3,(H,66,67,68)/b7-5-,13-11-,18-16-,19-17-,24-22-,25-23-,29-28-. The molecule has 0 bridgehead atoms. The first-order valence-corrected chi connectivity index (χ1v) is 30.7. The first kappa shape index (κ1) is 69.3. The number of rotatable bonds is 51. The average Bonchev–Trinajstić information content (AvgIpc) is 3.38. The van der Waals surface area contributed by atoms with E-state index in [0.29, 0.717) is 13.0 Å². The Morgan fingerprint density at radius 3 is 1.36 bits per heavy atom. The lowest BCUT2D eigenvalue weighted by atomic mass is 9.99. The fourth-order valence-electron chi connectivity index (χ4n) is 8.61. The van der Waals surface area contributed by atoms with Gasteiger partial charge in [0.05, 0.1) is 19.8 Å². The van der Waals surface area contributed by atoms with E-state index in [4.69, 9.17) is 18.9 Å². The maximum absolute atomic E-state index is 13.0. The molecule has 6 atom stereocenters. The molecule has 1 fully saturated rings. The van der Waals surface area contributed by atoms with Gasteiger partial charge in [-0.1, -0.05) is 221 Å². The molecule has 428 valence electrons. The molecular formula is C61H106O12S. The van der Waals surface area contributed by atoms with Gasteiger partial charge in [-0.15, -0.1) is 0 Å². The molecule has 0 aromatic carbocycles. The van der Waals surface area contributed by atoms with E-state index in [0.717, 1.165) is 83.5 Å². The molecule has 1 aliphatic heterocycles. The van der Waals surface area contributed by atoms with Gasteiger partial charge in [0.1, 0.15) is 30.5 Å². The van der Waals surface area contributed by atoms with Gasteiger partial charge in [0.25, 0.3) is 0 Å². The maximum Gasteiger partial charge on any atom is 0.397 e. The lowest BCUT2D eigenvalue weighted by molar-refractivity contribution is -0.301. The topological polar surface area (TPSA) is 178 Å². The van der Waals surface area contributed by atoms with Crippen LogP contribution in [0.3, 0.4) is 0 Å². The molecule has 0 aromatic heterocycles. The van der Waals surface area contributed by atoms with Gasteiger partial charge >= 0.3 is 16.4 Å². The molecule has 13 heteroatoms. The zero-order valence-corrected chi connectivity index (χ0v) is 47.2. The molecule has 0 saturated carbocycles. The Morgan fingerprint density at radius 1 is 0.527 bits per heavy atom. The average molecular weight is 1060 g/mol. The highest BCUT2D eigenvalue weighted by atomic mass is 32.3. The molecule has 4 N–H and O–H groups in total. The quantitative estimate of drug-likeness (QED) is 0.0196. The van der Waals surface area contributed by atoms with Crippen molar-refractivity contribution < 1.29 is 56.2 Å². The first-order valence-electron chi connectivity index (χ1n) is 29.3. The summed E-state index contributed by atoms with van der Waals surface area (Å²) in [5.74, 6) is -0.407. The van der Waals surface area contributed by atoms with Crippen LogP contribution in [0, 0.1) is 0 Å². The van der Waals surface area contributed by atoms with Crippen molar-refractivity contribution in [1.29, 1.82) is 0 Å². The summed E-state index contributed by atoms with van der Waals surface area (Å²) in [6.07, 6.45) is 60.4. The molecule has 0 aromatic rings. The summed E-state index contributed by atoms with van der Waals surface area (Å²) in [5.41, 5.74) is 0. The van der Waals surface area contributed by atoms with Crippen molar-refractivity contribution in [3.63, 3.8) is 0 Å². The van der Waals surface area contributed by atoms with Crippen molar-refractivity contribution in [2.45, 2.75) is 269 Å². The molecule has 1 rings (SSSR count). The molecule has 0 aliphatic carbocycles. The van der Waals surface area contributed by atoms with Gasteiger partial charge in [0.15, 0.2) is 6.29 Å². The van der Waals surface area contributed by atoms with Crippen molar-refractivity contribution in [2.75, 3.05) is 26.4 Å². The van der Waals surface area contributed by atoms with Crippen LogP contribution in [0.2, 0.25) is 0 Å². The predicted molar refractivity (Wildman–Crippen MR) is 303 cm³/mol. The minimum Gasteiger partial charge on any atom is -0.457 e. The van der Waals surface area contributed by atoms with Crippen LogP contribution in [-0.2, 0) is 38.3 Å². The number of carbonyl (C=O) groups excluding carboxylic acids is 1. The summed E-state index contributed by atoms with van der Waals surface area (Å²) in [5, 5.41) is 30.9. The van der Waals surface area contributed by atoms with Gasteiger partial charge in [0.2, 0.25) is 0 Å². The fourth-order valence-corrected chi connectivity index (χ4v) is 9.12. The molecule has 0 spiro atoms. The second kappa shape index (κ2) is 51.1. The second-order valence-corrected chi connectivity index (χ2v) is 20.9. The number of hydrogen-bond acceptors (Lipinski definition) is 11. The van der Waals surface area contributed by atoms with E-state index in [1.165, 1.54) is 122 Å². The monoisotopic (exact) mass is 1060 g/mol. The minimum absolute atomic E-state index is 0.0277. The number of carbonyl (C=O) groups is 1. The van der Waals surface area contributed by atoms with Crippen molar-refractivity contribution in [3.05, 3.63) is 85.1 Å². The number of hydrogen-bond donors (Lipinski definition) is 4. The van der Waals surface area contributed by atoms with Crippen LogP contribution >= 0.6 is 0 Å². The second-order valence-electron chi connectivity index (χ2n) is 19.8. The van der Waals surface area contributed by atoms with E-state index in [9.17, 15) is 33.1 Å². The van der Waals surface area contributed by atoms with Crippen LogP contribution < -0.4 is 0 Å². The van der Waals surface area contributed by atoms with Crippen LogP contribution in [0.15, 0.2) is 85.1 Å². The van der Waals surface area contributed by atoms with Crippen molar-refractivity contribution >= 4 is 16.4 Å². The Balaban J connectivity index is 2.31. The van der Waals surface area contributed by atoms with Crippen LogP contribution in [0.1, 0.15) is 232 Å². The first-order chi connectivity index (χ1) is 36.1. The fraction of sp³-hybridized carbons (Fsp3) is 0.754. The van der Waals surface area contributed by atoms with Crippen LogP contribution in [0.5, 0.6) is 0 Å². The lowest BCUT2D eigenvalue weighted by Crippen LogP contribution is -2.60. The third-order valence-electron chi connectivity index (χ3n) is 13.0. The summed E-state index contributed by atoms with van der Waals surface area (Å²) in [6, 6.07) is 0. The van der Waals surface area contributed by atoms with Gasteiger partial charge in [-0.05, 0) is 89.9 Å². The number of esters is 1. The summed E-state index contributed by atoms with van der Waals surface area (Å²) >= 11 is 0. The lowest BCUT2D eigenvalue weighted by Gasteiger charge is -2.41.